The van der Waals surface area contributed by atoms with Crippen molar-refractivity contribution in [3.8, 4) is 0 Å². The minimum Gasteiger partial charge on any atom is -0.375 e. The first-order valence-corrected chi connectivity index (χ1v) is 10.3. The van der Waals surface area contributed by atoms with Gasteiger partial charge in [0, 0.05) is 24.9 Å². The Morgan fingerprint density at radius 1 is 1.42 bits per heavy atom. The van der Waals surface area contributed by atoms with E-state index in [-0.39, 0.29) is 17.4 Å². The summed E-state index contributed by atoms with van der Waals surface area (Å²) in [6.07, 6.45) is 5.59. The summed E-state index contributed by atoms with van der Waals surface area (Å²) in [5, 5.41) is 3.48. The van der Waals surface area contributed by atoms with Gasteiger partial charge in [0.1, 0.15) is 9.84 Å². The number of thioether (sulfide) groups is 1. The van der Waals surface area contributed by atoms with Crippen molar-refractivity contribution in [3.63, 3.8) is 0 Å². The lowest BCUT2D eigenvalue weighted by Gasteiger charge is -2.44. The van der Waals surface area contributed by atoms with Crippen LogP contribution in [0.2, 0.25) is 0 Å². The average molecular weight is 307 g/mol. The summed E-state index contributed by atoms with van der Waals surface area (Å²) in [5.41, 5.74) is 0.0615. The van der Waals surface area contributed by atoms with Gasteiger partial charge in [0.2, 0.25) is 0 Å². The third kappa shape index (κ3) is 4.92. The fourth-order valence-electron chi connectivity index (χ4n) is 3.17. The van der Waals surface area contributed by atoms with E-state index in [4.69, 9.17) is 4.74 Å². The Kier molecular flexibility index (Phi) is 5.20. The summed E-state index contributed by atoms with van der Waals surface area (Å²) >= 11 is 2.01. The van der Waals surface area contributed by atoms with Crippen molar-refractivity contribution in [2.24, 2.45) is 0 Å². The van der Waals surface area contributed by atoms with Crippen LogP contribution in [-0.2, 0) is 14.6 Å². The molecule has 1 N–H and O–H groups in total. The first-order chi connectivity index (χ1) is 8.89. The molecule has 0 aliphatic carbocycles. The molecule has 0 amide bonds. The predicted molar refractivity (Wildman–Crippen MR) is 80.6 cm³/mol. The lowest BCUT2D eigenvalue weighted by molar-refractivity contribution is -0.0938. The van der Waals surface area contributed by atoms with Crippen LogP contribution in [0.3, 0.4) is 0 Å². The Labute approximate surface area is 121 Å². The van der Waals surface area contributed by atoms with Crippen LogP contribution in [0.1, 0.15) is 32.6 Å². The van der Waals surface area contributed by atoms with Crippen LogP contribution in [0.5, 0.6) is 0 Å². The lowest BCUT2D eigenvalue weighted by atomic mass is 9.85. The molecule has 0 aromatic rings. The molecule has 4 nitrogen and oxygen atoms in total. The van der Waals surface area contributed by atoms with E-state index >= 15 is 0 Å². The number of hydrogen-bond acceptors (Lipinski definition) is 5. The first kappa shape index (κ1) is 15.6. The summed E-state index contributed by atoms with van der Waals surface area (Å²) in [6.45, 7) is 2.76. The van der Waals surface area contributed by atoms with Gasteiger partial charge in [0.15, 0.2) is 0 Å². The normalized spacial score (nSPS) is 29.3. The second-order valence-electron chi connectivity index (χ2n) is 5.99. The maximum Gasteiger partial charge on any atom is 0.148 e. The van der Waals surface area contributed by atoms with Crippen molar-refractivity contribution >= 4 is 21.6 Å². The smallest absolute Gasteiger partial charge is 0.148 e. The minimum absolute atomic E-state index is 0.0214. The third-order valence-corrected chi connectivity index (χ3v) is 6.06. The van der Waals surface area contributed by atoms with E-state index in [0.29, 0.717) is 6.04 Å². The molecule has 2 fully saturated rings. The van der Waals surface area contributed by atoms with Crippen molar-refractivity contribution in [1.29, 1.82) is 0 Å². The highest BCUT2D eigenvalue weighted by Crippen LogP contribution is 2.37. The monoisotopic (exact) mass is 307 g/mol. The molecule has 6 heteroatoms. The summed E-state index contributed by atoms with van der Waals surface area (Å²) in [4.78, 5) is 0. The largest absolute Gasteiger partial charge is 0.375 e. The predicted octanol–water partition coefficient (Wildman–Crippen LogP) is 1.45. The van der Waals surface area contributed by atoms with Crippen LogP contribution in [0.4, 0.5) is 0 Å². The molecule has 0 aromatic heterocycles. The molecule has 2 rings (SSSR count). The van der Waals surface area contributed by atoms with Gasteiger partial charge in [-0.15, -0.1) is 0 Å². The van der Waals surface area contributed by atoms with E-state index in [1.807, 2.05) is 18.7 Å². The maximum atomic E-state index is 11.3. The summed E-state index contributed by atoms with van der Waals surface area (Å²) < 4.78 is 28.7. The Hall–Kier alpha value is 0.220. The molecule has 2 aliphatic heterocycles. The van der Waals surface area contributed by atoms with Crippen molar-refractivity contribution in [2.45, 2.75) is 50.3 Å². The van der Waals surface area contributed by atoms with Crippen LogP contribution >= 0.6 is 11.8 Å². The zero-order chi connectivity index (χ0) is 13.9. The second kappa shape index (κ2) is 6.33. The standard InChI is InChI=1S/C13H25NO3S2/c1-11(10-19(2,15)16)14-12-3-6-17-13(9-12)4-7-18-8-5-13/h11-12,14H,3-10H2,1-2H3. The second-order valence-corrected chi connectivity index (χ2v) is 9.40. The number of sulfone groups is 1. The molecule has 0 aromatic carbocycles. The molecule has 2 saturated heterocycles. The van der Waals surface area contributed by atoms with Crippen molar-refractivity contribution in [1.82, 2.24) is 5.32 Å². The van der Waals surface area contributed by atoms with E-state index in [0.717, 1.165) is 32.3 Å². The van der Waals surface area contributed by atoms with E-state index in [1.165, 1.54) is 17.8 Å². The lowest BCUT2D eigenvalue weighted by Crippen LogP contribution is -2.51. The van der Waals surface area contributed by atoms with Crippen LogP contribution in [0.15, 0.2) is 0 Å². The Morgan fingerprint density at radius 3 is 2.74 bits per heavy atom. The SMILES string of the molecule is CC(CS(C)(=O)=O)NC1CCOC2(CCSCC2)C1. The number of ether oxygens (including phenoxy) is 1. The molecule has 0 bridgehead atoms. The van der Waals surface area contributed by atoms with E-state index in [9.17, 15) is 8.42 Å². The molecule has 2 atom stereocenters. The number of rotatable bonds is 4. The molecule has 0 radical (unpaired) electrons. The molecule has 0 saturated carbocycles. The maximum absolute atomic E-state index is 11.3. The fourth-order valence-corrected chi connectivity index (χ4v) is 5.41. The van der Waals surface area contributed by atoms with Crippen LogP contribution in [0.25, 0.3) is 0 Å². The molecular weight excluding hydrogens is 282 g/mol. The van der Waals surface area contributed by atoms with Crippen molar-refractivity contribution in [2.75, 3.05) is 30.1 Å². The van der Waals surface area contributed by atoms with E-state index in [2.05, 4.69) is 5.32 Å². The van der Waals surface area contributed by atoms with E-state index in [1.54, 1.807) is 0 Å². The van der Waals surface area contributed by atoms with Gasteiger partial charge in [-0.05, 0) is 44.1 Å². The quantitative estimate of drug-likeness (QED) is 0.852. The van der Waals surface area contributed by atoms with Gasteiger partial charge in [0.25, 0.3) is 0 Å². The zero-order valence-corrected chi connectivity index (χ0v) is 13.5. The average Bonchev–Trinajstić information content (AvgIpc) is 2.27. The Balaban J connectivity index is 1.87. The summed E-state index contributed by atoms with van der Waals surface area (Å²) in [6, 6.07) is 0.418. The highest BCUT2D eigenvalue weighted by molar-refractivity contribution is 7.99. The van der Waals surface area contributed by atoms with Crippen molar-refractivity contribution < 1.29 is 13.2 Å². The van der Waals surface area contributed by atoms with Crippen molar-refractivity contribution in [3.05, 3.63) is 0 Å². The first-order valence-electron chi connectivity index (χ1n) is 7.04. The van der Waals surface area contributed by atoms with Crippen LogP contribution in [0, 0.1) is 0 Å². The van der Waals surface area contributed by atoms with Gasteiger partial charge in [-0.1, -0.05) is 0 Å². The molecular formula is C13H25NO3S2. The molecule has 2 heterocycles. The van der Waals surface area contributed by atoms with Gasteiger partial charge < -0.3 is 10.1 Å². The topological polar surface area (TPSA) is 55.4 Å². The Morgan fingerprint density at radius 2 is 2.11 bits per heavy atom. The zero-order valence-electron chi connectivity index (χ0n) is 11.9. The molecule has 112 valence electrons. The minimum atomic E-state index is -2.90. The van der Waals surface area contributed by atoms with E-state index < -0.39 is 9.84 Å². The summed E-state index contributed by atoms with van der Waals surface area (Å²) in [7, 11) is -2.90. The molecule has 2 unspecified atom stereocenters. The van der Waals surface area contributed by atoms with Gasteiger partial charge in [-0.2, -0.15) is 11.8 Å². The molecule has 19 heavy (non-hydrogen) atoms. The molecule has 1 spiro atoms. The third-order valence-electron chi connectivity index (χ3n) is 3.97. The van der Waals surface area contributed by atoms with Crippen LogP contribution < -0.4 is 5.32 Å². The van der Waals surface area contributed by atoms with Gasteiger partial charge in [-0.3, -0.25) is 0 Å². The van der Waals surface area contributed by atoms with Gasteiger partial charge in [-0.25, -0.2) is 8.42 Å². The molecule has 2 aliphatic rings. The van der Waals surface area contributed by atoms with Crippen LogP contribution in [-0.4, -0.2) is 56.2 Å². The summed E-state index contributed by atoms with van der Waals surface area (Å²) in [5.74, 6) is 2.59. The Bertz CT molecular complexity index is 385. The number of nitrogens with one attached hydrogen (secondary N) is 1. The highest BCUT2D eigenvalue weighted by Gasteiger charge is 2.38. The van der Waals surface area contributed by atoms with Gasteiger partial charge >= 0.3 is 0 Å². The fraction of sp³-hybridized carbons (Fsp3) is 1.00. The number of hydrogen-bond donors (Lipinski definition) is 1. The highest BCUT2D eigenvalue weighted by atomic mass is 32.2. The van der Waals surface area contributed by atoms with Gasteiger partial charge in [0.05, 0.1) is 11.4 Å².